The first kappa shape index (κ1) is 22.9. The molecule has 3 rings (SSSR count). The quantitative estimate of drug-likeness (QED) is 0.695. The third kappa shape index (κ3) is 5.09. The number of nitrogens with one attached hydrogen (secondary N) is 1. The van der Waals surface area contributed by atoms with E-state index >= 15 is 0 Å². The summed E-state index contributed by atoms with van der Waals surface area (Å²) in [6.45, 7) is 7.25. The van der Waals surface area contributed by atoms with Crippen molar-refractivity contribution in [3.05, 3.63) is 58.7 Å². The van der Waals surface area contributed by atoms with E-state index in [-0.39, 0.29) is 11.4 Å². The van der Waals surface area contributed by atoms with Crippen molar-refractivity contribution >= 4 is 20.0 Å². The lowest BCUT2D eigenvalue weighted by atomic mass is 10.1. The minimum absolute atomic E-state index is 0.227. The van der Waals surface area contributed by atoms with Crippen molar-refractivity contribution in [1.29, 1.82) is 0 Å². The van der Waals surface area contributed by atoms with Crippen LogP contribution in [-0.2, 0) is 31.2 Å². The highest BCUT2D eigenvalue weighted by Gasteiger charge is 2.26. The second-order valence-corrected chi connectivity index (χ2v) is 11.2. The smallest absolute Gasteiger partial charge is 0.243 e. The van der Waals surface area contributed by atoms with Crippen molar-refractivity contribution in [3.63, 3.8) is 0 Å². The van der Waals surface area contributed by atoms with Crippen molar-refractivity contribution in [3.8, 4) is 0 Å². The third-order valence-corrected chi connectivity index (χ3v) is 8.79. The number of hydrogen-bond donors (Lipinski definition) is 1. The molecule has 7 nitrogen and oxygen atoms in total. The van der Waals surface area contributed by atoms with Gasteiger partial charge in [-0.3, -0.25) is 0 Å². The van der Waals surface area contributed by atoms with E-state index in [0.717, 1.165) is 22.3 Å². The summed E-state index contributed by atoms with van der Waals surface area (Å²) in [5, 5.41) is 0. The second-order valence-electron chi connectivity index (χ2n) is 7.54. The number of benzene rings is 2. The van der Waals surface area contributed by atoms with Gasteiger partial charge in [0.2, 0.25) is 20.0 Å². The molecule has 1 fully saturated rings. The molecule has 1 aliphatic heterocycles. The fraction of sp³-hybridized carbons (Fsp3) is 0.429. The van der Waals surface area contributed by atoms with E-state index in [1.165, 1.54) is 4.31 Å². The Labute approximate surface area is 179 Å². The molecule has 0 aliphatic carbocycles. The number of aryl methyl sites for hydroxylation is 3. The molecule has 2 aromatic rings. The van der Waals surface area contributed by atoms with Crippen LogP contribution in [0, 0.1) is 20.8 Å². The lowest BCUT2D eigenvalue weighted by Gasteiger charge is -2.26. The van der Waals surface area contributed by atoms with Gasteiger partial charge < -0.3 is 4.74 Å². The van der Waals surface area contributed by atoms with E-state index < -0.39 is 20.0 Å². The van der Waals surface area contributed by atoms with Crippen molar-refractivity contribution in [2.24, 2.45) is 0 Å². The number of nitrogens with zero attached hydrogens (tertiary/aromatic N) is 1. The van der Waals surface area contributed by atoms with Gasteiger partial charge in [0.25, 0.3) is 0 Å². The van der Waals surface area contributed by atoms with Crippen LogP contribution in [-0.4, -0.2) is 54.0 Å². The maximum Gasteiger partial charge on any atom is 0.243 e. The molecule has 0 aromatic heterocycles. The van der Waals surface area contributed by atoms with E-state index in [2.05, 4.69) is 4.72 Å². The molecule has 0 bridgehead atoms. The number of ether oxygens (including phenoxy) is 1. The molecule has 2 aromatic carbocycles. The van der Waals surface area contributed by atoms with E-state index in [1.54, 1.807) is 38.1 Å². The molecule has 0 atom stereocenters. The first-order chi connectivity index (χ1) is 14.1. The normalized spacial score (nSPS) is 16.0. The molecule has 0 amide bonds. The molecule has 30 heavy (non-hydrogen) atoms. The first-order valence-electron chi connectivity index (χ1n) is 9.85. The maximum atomic E-state index is 12.7. The van der Waals surface area contributed by atoms with E-state index in [4.69, 9.17) is 4.74 Å². The monoisotopic (exact) mass is 452 g/mol. The van der Waals surface area contributed by atoms with Gasteiger partial charge in [0.15, 0.2) is 0 Å². The van der Waals surface area contributed by atoms with Crippen LogP contribution in [0.3, 0.4) is 0 Å². The third-order valence-electron chi connectivity index (χ3n) is 5.11. The van der Waals surface area contributed by atoms with Gasteiger partial charge >= 0.3 is 0 Å². The van der Waals surface area contributed by atoms with Crippen LogP contribution in [0.4, 0.5) is 0 Å². The summed E-state index contributed by atoms with van der Waals surface area (Å²) in [7, 11) is -7.15. The minimum atomic E-state index is -3.62. The van der Waals surface area contributed by atoms with Crippen LogP contribution >= 0.6 is 0 Å². The molecule has 1 N–H and O–H groups in total. The molecule has 0 unspecified atom stereocenters. The Morgan fingerprint density at radius 1 is 0.933 bits per heavy atom. The Kier molecular flexibility index (Phi) is 6.98. The van der Waals surface area contributed by atoms with Crippen LogP contribution in [0.25, 0.3) is 0 Å². The molecule has 0 radical (unpaired) electrons. The van der Waals surface area contributed by atoms with Gasteiger partial charge in [0.05, 0.1) is 23.0 Å². The Morgan fingerprint density at radius 2 is 1.50 bits per heavy atom. The van der Waals surface area contributed by atoms with Gasteiger partial charge in [-0.15, -0.1) is 0 Å². The molecule has 1 saturated heterocycles. The average Bonchev–Trinajstić information content (AvgIpc) is 2.68. The Bertz CT molecular complexity index is 1080. The fourth-order valence-corrected chi connectivity index (χ4v) is 6.65. The van der Waals surface area contributed by atoms with Crippen LogP contribution in [0.2, 0.25) is 0 Å². The van der Waals surface area contributed by atoms with Crippen molar-refractivity contribution in [2.45, 2.75) is 37.0 Å². The van der Waals surface area contributed by atoms with Gasteiger partial charge in [-0.25, -0.2) is 21.6 Å². The summed E-state index contributed by atoms with van der Waals surface area (Å²) in [6.07, 6.45) is 0.459. The van der Waals surface area contributed by atoms with E-state index in [0.29, 0.717) is 37.6 Å². The molecular formula is C21H28N2O5S2. The molecule has 1 aliphatic rings. The van der Waals surface area contributed by atoms with Crippen LogP contribution in [0.1, 0.15) is 22.3 Å². The molecule has 1 heterocycles. The summed E-state index contributed by atoms with van der Waals surface area (Å²) in [5.41, 5.74) is 3.32. The zero-order valence-corrected chi connectivity index (χ0v) is 19.1. The molecule has 0 spiro atoms. The average molecular weight is 453 g/mol. The highest BCUT2D eigenvalue weighted by atomic mass is 32.2. The Morgan fingerprint density at radius 3 is 2.07 bits per heavy atom. The van der Waals surface area contributed by atoms with Crippen LogP contribution < -0.4 is 4.72 Å². The van der Waals surface area contributed by atoms with E-state index in [9.17, 15) is 16.8 Å². The zero-order valence-electron chi connectivity index (χ0n) is 17.5. The molecule has 164 valence electrons. The van der Waals surface area contributed by atoms with Gasteiger partial charge in [-0.2, -0.15) is 4.31 Å². The summed E-state index contributed by atoms with van der Waals surface area (Å²) >= 11 is 0. The highest BCUT2D eigenvalue weighted by molar-refractivity contribution is 7.89. The lowest BCUT2D eigenvalue weighted by molar-refractivity contribution is 0.0730. The standard InChI is InChI=1S/C21H28N2O5S2/c1-16-14-17(2)21(18(3)15-16)29(24,25)22-9-8-19-4-6-20(7-5-19)30(26,27)23-10-12-28-13-11-23/h4-7,14-15,22H,8-13H2,1-3H3. The molecule has 0 saturated carbocycles. The van der Waals surface area contributed by atoms with Crippen LogP contribution in [0.15, 0.2) is 46.2 Å². The highest BCUT2D eigenvalue weighted by Crippen LogP contribution is 2.22. The second kappa shape index (κ2) is 9.15. The summed E-state index contributed by atoms with van der Waals surface area (Å²) in [4.78, 5) is 0.555. The molecular weight excluding hydrogens is 424 g/mol. The fourth-order valence-electron chi connectivity index (χ4n) is 3.76. The van der Waals surface area contributed by atoms with E-state index in [1.807, 2.05) is 19.1 Å². The van der Waals surface area contributed by atoms with Crippen molar-refractivity contribution < 1.29 is 21.6 Å². The predicted octanol–water partition coefficient (Wildman–Crippen LogP) is 2.15. The lowest BCUT2D eigenvalue weighted by Crippen LogP contribution is -2.40. The number of sulfonamides is 2. The van der Waals surface area contributed by atoms with Gasteiger partial charge in [-0.05, 0) is 56.0 Å². The Hall–Kier alpha value is -1.78. The Balaban J connectivity index is 1.64. The number of morpholine rings is 1. The van der Waals surface area contributed by atoms with Gasteiger partial charge in [0.1, 0.15) is 0 Å². The molecule has 9 heteroatoms. The predicted molar refractivity (Wildman–Crippen MR) is 116 cm³/mol. The SMILES string of the molecule is Cc1cc(C)c(S(=O)(=O)NCCc2ccc(S(=O)(=O)N3CCOCC3)cc2)c(C)c1. The largest absolute Gasteiger partial charge is 0.379 e. The number of hydrogen-bond acceptors (Lipinski definition) is 5. The van der Waals surface area contributed by atoms with Gasteiger partial charge in [0, 0.05) is 19.6 Å². The summed E-state index contributed by atoms with van der Waals surface area (Å²) < 4.78 is 60.1. The van der Waals surface area contributed by atoms with Crippen molar-refractivity contribution in [1.82, 2.24) is 9.03 Å². The van der Waals surface area contributed by atoms with Gasteiger partial charge in [-0.1, -0.05) is 29.8 Å². The topological polar surface area (TPSA) is 92.8 Å². The first-order valence-corrected chi connectivity index (χ1v) is 12.8. The zero-order chi connectivity index (χ0) is 21.9. The van der Waals surface area contributed by atoms with Crippen LogP contribution in [0.5, 0.6) is 0 Å². The van der Waals surface area contributed by atoms with Crippen molar-refractivity contribution in [2.75, 3.05) is 32.8 Å². The minimum Gasteiger partial charge on any atom is -0.379 e. The summed E-state index contributed by atoms with van der Waals surface area (Å²) in [5.74, 6) is 0. The maximum absolute atomic E-state index is 12.7. The number of rotatable bonds is 7. The summed E-state index contributed by atoms with van der Waals surface area (Å²) in [6, 6.07) is 10.3.